The fourth-order valence-corrected chi connectivity index (χ4v) is 3.18. The number of anilines is 1. The van der Waals surface area contributed by atoms with Crippen LogP contribution < -0.4 is 5.32 Å². The number of H-pyrrole nitrogens is 1. The number of fused-ring (bicyclic) bond motifs is 3. The topological polar surface area (TPSA) is 57.8 Å². The second-order valence-corrected chi connectivity index (χ2v) is 5.18. The summed E-state index contributed by atoms with van der Waals surface area (Å²) in [6.07, 6.45) is 3.72. The van der Waals surface area contributed by atoms with Crippen molar-refractivity contribution in [3.63, 3.8) is 0 Å². The zero-order valence-corrected chi connectivity index (χ0v) is 10.6. The Morgan fingerprint density at radius 2 is 2.21 bits per heavy atom. The van der Waals surface area contributed by atoms with Gasteiger partial charge in [0.05, 0.1) is 27.0 Å². The average molecular weight is 267 g/mol. The highest BCUT2D eigenvalue weighted by molar-refractivity contribution is 7.17. The molecule has 1 aliphatic rings. The summed E-state index contributed by atoms with van der Waals surface area (Å²) in [5.74, 6) is -0.0644. The number of carbonyl (C=O) groups excluding carboxylic acids is 1. The van der Waals surface area contributed by atoms with Gasteiger partial charge in [-0.15, -0.1) is 11.3 Å². The molecule has 0 fully saturated rings. The van der Waals surface area contributed by atoms with Crippen LogP contribution >= 0.6 is 11.3 Å². The molecular weight excluding hydrogens is 258 g/mol. The van der Waals surface area contributed by atoms with Crippen molar-refractivity contribution < 1.29 is 4.79 Å². The molecule has 1 aliphatic heterocycles. The minimum atomic E-state index is -0.0644. The summed E-state index contributed by atoms with van der Waals surface area (Å²) >= 11 is 1.56. The number of nitrogens with one attached hydrogen (secondary N) is 2. The third-order valence-corrected chi connectivity index (χ3v) is 4.04. The molecule has 0 spiro atoms. The Morgan fingerprint density at radius 3 is 3.05 bits per heavy atom. The van der Waals surface area contributed by atoms with Crippen LogP contribution in [0.4, 0.5) is 5.69 Å². The summed E-state index contributed by atoms with van der Waals surface area (Å²) in [7, 11) is 0. The first kappa shape index (κ1) is 10.5. The van der Waals surface area contributed by atoms with Gasteiger partial charge in [-0.05, 0) is 30.3 Å². The first-order valence-corrected chi connectivity index (χ1v) is 6.74. The van der Waals surface area contributed by atoms with Crippen LogP contribution in [0.15, 0.2) is 36.0 Å². The van der Waals surface area contributed by atoms with E-state index in [0.29, 0.717) is 5.57 Å². The third-order valence-electron chi connectivity index (χ3n) is 3.18. The van der Waals surface area contributed by atoms with Gasteiger partial charge in [0, 0.05) is 17.5 Å². The lowest BCUT2D eigenvalue weighted by atomic mass is 10.1. The van der Waals surface area contributed by atoms with Crippen LogP contribution in [-0.2, 0) is 4.79 Å². The van der Waals surface area contributed by atoms with E-state index in [4.69, 9.17) is 0 Å². The van der Waals surface area contributed by atoms with Crippen molar-refractivity contribution in [1.82, 2.24) is 9.97 Å². The van der Waals surface area contributed by atoms with Crippen LogP contribution in [0.25, 0.3) is 21.9 Å². The second kappa shape index (κ2) is 3.80. The minimum absolute atomic E-state index is 0.0644. The van der Waals surface area contributed by atoms with Crippen molar-refractivity contribution in [2.75, 3.05) is 5.32 Å². The molecule has 1 aromatic carbocycles. The van der Waals surface area contributed by atoms with Gasteiger partial charge in [-0.25, -0.2) is 4.98 Å². The largest absolute Gasteiger partial charge is 0.362 e. The molecule has 0 aliphatic carbocycles. The molecule has 2 N–H and O–H groups in total. The van der Waals surface area contributed by atoms with Crippen LogP contribution in [0.3, 0.4) is 0 Å². The summed E-state index contributed by atoms with van der Waals surface area (Å²) in [6, 6.07) is 7.69. The molecule has 19 heavy (non-hydrogen) atoms. The quantitative estimate of drug-likeness (QED) is 0.665. The zero-order valence-electron chi connectivity index (χ0n) is 9.81. The summed E-state index contributed by atoms with van der Waals surface area (Å²) in [5, 5.41) is 2.90. The van der Waals surface area contributed by atoms with Crippen molar-refractivity contribution in [3.8, 4) is 0 Å². The lowest BCUT2D eigenvalue weighted by Crippen LogP contribution is -2.03. The molecule has 3 heterocycles. The van der Waals surface area contributed by atoms with E-state index in [2.05, 4.69) is 15.3 Å². The molecule has 0 unspecified atom stereocenters. The van der Waals surface area contributed by atoms with Gasteiger partial charge in [0.25, 0.3) is 5.91 Å². The predicted octanol–water partition coefficient (Wildman–Crippen LogP) is 3.12. The highest BCUT2D eigenvalue weighted by atomic mass is 32.1. The van der Waals surface area contributed by atoms with Gasteiger partial charge in [-0.1, -0.05) is 0 Å². The van der Waals surface area contributed by atoms with E-state index in [1.807, 2.05) is 36.5 Å². The summed E-state index contributed by atoms with van der Waals surface area (Å²) in [6.45, 7) is 0. The molecule has 5 heteroatoms. The van der Waals surface area contributed by atoms with Gasteiger partial charge >= 0.3 is 0 Å². The van der Waals surface area contributed by atoms with Crippen LogP contribution in [0.1, 0.15) is 11.3 Å². The second-order valence-electron chi connectivity index (χ2n) is 4.33. The highest BCUT2D eigenvalue weighted by Crippen LogP contribution is 2.39. The number of aromatic nitrogens is 2. The average Bonchev–Trinajstić information content (AvgIpc) is 3.10. The number of benzene rings is 1. The van der Waals surface area contributed by atoms with Crippen molar-refractivity contribution in [2.45, 2.75) is 0 Å². The van der Waals surface area contributed by atoms with Gasteiger partial charge in [-0.2, -0.15) is 0 Å². The van der Waals surface area contributed by atoms with Gasteiger partial charge in [0.1, 0.15) is 0 Å². The Morgan fingerprint density at radius 1 is 1.26 bits per heavy atom. The molecule has 0 bridgehead atoms. The fourth-order valence-electron chi connectivity index (χ4n) is 2.33. The molecule has 0 atom stereocenters. The molecule has 0 radical (unpaired) electrons. The van der Waals surface area contributed by atoms with Crippen LogP contribution in [-0.4, -0.2) is 15.9 Å². The van der Waals surface area contributed by atoms with E-state index in [1.165, 1.54) is 0 Å². The molecule has 4 nitrogen and oxygen atoms in total. The summed E-state index contributed by atoms with van der Waals surface area (Å²) in [4.78, 5) is 19.5. The lowest BCUT2D eigenvalue weighted by Gasteiger charge is -1.99. The number of hydrogen-bond donors (Lipinski definition) is 2. The van der Waals surface area contributed by atoms with Crippen molar-refractivity contribution in [2.24, 2.45) is 0 Å². The lowest BCUT2D eigenvalue weighted by molar-refractivity contribution is -0.110. The smallest absolute Gasteiger partial charge is 0.256 e. The standard InChI is InChI=1S/C14H9N3OS/c18-14-9(6-8-2-1-5-15-8)12-10(17-14)3-4-11-13(12)19-7-16-11/h1-7,15H,(H,17,18)/b9-6-. The summed E-state index contributed by atoms with van der Waals surface area (Å²) in [5.41, 5.74) is 6.16. The van der Waals surface area contributed by atoms with Gasteiger partial charge in [0.2, 0.25) is 0 Å². The molecule has 2 aromatic heterocycles. The highest BCUT2D eigenvalue weighted by Gasteiger charge is 2.27. The molecule has 92 valence electrons. The van der Waals surface area contributed by atoms with Crippen molar-refractivity contribution in [1.29, 1.82) is 0 Å². The van der Waals surface area contributed by atoms with Crippen molar-refractivity contribution >= 4 is 44.8 Å². The molecule has 3 aromatic rings. The molecule has 1 amide bonds. The van der Waals surface area contributed by atoms with E-state index in [-0.39, 0.29) is 5.91 Å². The first-order chi connectivity index (χ1) is 9.33. The fraction of sp³-hybridized carbons (Fsp3) is 0. The Labute approximate surface area is 112 Å². The maximum atomic E-state index is 12.1. The number of rotatable bonds is 1. The monoisotopic (exact) mass is 267 g/mol. The van der Waals surface area contributed by atoms with Gasteiger partial charge in [-0.3, -0.25) is 4.79 Å². The number of amides is 1. The summed E-state index contributed by atoms with van der Waals surface area (Å²) < 4.78 is 1.05. The van der Waals surface area contributed by atoms with E-state index in [0.717, 1.165) is 27.2 Å². The minimum Gasteiger partial charge on any atom is -0.362 e. The van der Waals surface area contributed by atoms with E-state index in [1.54, 1.807) is 16.8 Å². The molecule has 4 rings (SSSR count). The van der Waals surface area contributed by atoms with Gasteiger partial charge < -0.3 is 10.3 Å². The first-order valence-electron chi connectivity index (χ1n) is 5.86. The van der Waals surface area contributed by atoms with Crippen LogP contribution in [0.2, 0.25) is 0 Å². The number of hydrogen-bond acceptors (Lipinski definition) is 3. The van der Waals surface area contributed by atoms with E-state index < -0.39 is 0 Å². The van der Waals surface area contributed by atoms with Crippen molar-refractivity contribution in [3.05, 3.63) is 47.2 Å². The van der Waals surface area contributed by atoms with Crippen LogP contribution in [0.5, 0.6) is 0 Å². The maximum absolute atomic E-state index is 12.1. The predicted molar refractivity (Wildman–Crippen MR) is 76.9 cm³/mol. The SMILES string of the molecule is O=C1Nc2ccc3ncsc3c2/C1=C/c1ccc[nH]1. The van der Waals surface area contributed by atoms with E-state index >= 15 is 0 Å². The van der Waals surface area contributed by atoms with E-state index in [9.17, 15) is 4.79 Å². The number of nitrogens with zero attached hydrogens (tertiary/aromatic N) is 1. The Kier molecular flexibility index (Phi) is 2.10. The third kappa shape index (κ3) is 1.52. The maximum Gasteiger partial charge on any atom is 0.256 e. The Balaban J connectivity index is 2.00. The Hall–Kier alpha value is -2.40. The zero-order chi connectivity index (χ0) is 12.8. The van der Waals surface area contributed by atoms with Gasteiger partial charge in [0.15, 0.2) is 0 Å². The van der Waals surface area contributed by atoms with Crippen LogP contribution in [0, 0.1) is 0 Å². The number of aromatic amines is 1. The molecular formula is C14H9N3OS. The Bertz CT molecular complexity index is 814. The number of carbonyl (C=O) groups is 1. The normalized spacial score (nSPS) is 16.0. The molecule has 0 saturated heterocycles. The number of thiazole rings is 1. The molecule has 0 saturated carbocycles.